The molecule has 0 aromatic carbocycles. The van der Waals surface area contributed by atoms with Gasteiger partial charge in [0.2, 0.25) is 0 Å². The smallest absolute Gasteiger partial charge is 0.0448 e. The van der Waals surface area contributed by atoms with E-state index < -0.39 is 0 Å². The van der Waals surface area contributed by atoms with E-state index in [2.05, 4.69) is 11.7 Å². The van der Waals surface area contributed by atoms with Gasteiger partial charge in [0.05, 0.1) is 0 Å². The van der Waals surface area contributed by atoms with Crippen LogP contribution in [-0.4, -0.2) is 18.4 Å². The van der Waals surface area contributed by atoms with Gasteiger partial charge in [0.15, 0.2) is 0 Å². The molecule has 7 heavy (non-hydrogen) atoms. The van der Waals surface area contributed by atoms with Crippen molar-refractivity contribution in [2.75, 3.05) is 7.05 Å². The van der Waals surface area contributed by atoms with Crippen molar-refractivity contribution in [3.8, 4) is 0 Å². The molecule has 0 aliphatic rings. The first-order valence-corrected chi connectivity index (χ1v) is 1.87. The topological polar surface area (TPSA) is 39.4 Å². The summed E-state index contributed by atoms with van der Waals surface area (Å²) in [5.41, 5.74) is 0. The van der Waals surface area contributed by atoms with E-state index in [-0.39, 0.29) is 0 Å². The second-order valence-electron chi connectivity index (χ2n) is 1.02. The maximum Gasteiger partial charge on any atom is 0.0448 e. The standard InChI is InChI=1S/C4H8N3/c1-3-4-6-7(2)5/h3-5H,1H2,2H3/q-1/b6-4-. The molecule has 0 atom stereocenters. The zero-order chi connectivity index (χ0) is 5.70. The highest BCUT2D eigenvalue weighted by atomic mass is 15.6. The van der Waals surface area contributed by atoms with E-state index in [0.717, 1.165) is 5.12 Å². The van der Waals surface area contributed by atoms with Gasteiger partial charge in [-0.1, -0.05) is 6.58 Å². The molecule has 0 aliphatic carbocycles. The van der Waals surface area contributed by atoms with Crippen LogP contribution >= 0.6 is 0 Å². The van der Waals surface area contributed by atoms with Gasteiger partial charge in [-0.15, -0.1) is 0 Å². The van der Waals surface area contributed by atoms with E-state index in [1.807, 2.05) is 0 Å². The van der Waals surface area contributed by atoms with E-state index in [0.29, 0.717) is 0 Å². The van der Waals surface area contributed by atoms with Crippen LogP contribution in [0.15, 0.2) is 17.8 Å². The average molecular weight is 98.1 g/mol. The van der Waals surface area contributed by atoms with E-state index in [4.69, 9.17) is 5.84 Å². The van der Waals surface area contributed by atoms with Crippen LogP contribution in [0.2, 0.25) is 0 Å². The molecule has 0 radical (unpaired) electrons. The number of rotatable bonds is 2. The minimum atomic E-state index is 0.960. The van der Waals surface area contributed by atoms with E-state index in [1.165, 1.54) is 19.3 Å². The molecule has 3 nitrogen and oxygen atoms in total. The number of nitrogens with zero attached hydrogens (tertiary/aromatic N) is 2. The quantitative estimate of drug-likeness (QED) is 0.376. The van der Waals surface area contributed by atoms with Crippen LogP contribution < -0.4 is 0 Å². The fraction of sp³-hybridized carbons (Fsp3) is 0.250. The Labute approximate surface area is 43.1 Å². The molecule has 0 aromatic rings. The molecule has 0 amide bonds. The minimum absolute atomic E-state index is 0.960. The van der Waals surface area contributed by atoms with Crippen molar-refractivity contribution >= 4 is 6.21 Å². The summed E-state index contributed by atoms with van der Waals surface area (Å²) in [6.07, 6.45) is 2.97. The summed E-state index contributed by atoms with van der Waals surface area (Å²) in [6, 6.07) is 0. The van der Waals surface area contributed by atoms with Crippen molar-refractivity contribution in [3.05, 3.63) is 18.5 Å². The van der Waals surface area contributed by atoms with Crippen molar-refractivity contribution < 1.29 is 0 Å². The van der Waals surface area contributed by atoms with E-state index >= 15 is 0 Å². The molecule has 0 bridgehead atoms. The van der Waals surface area contributed by atoms with E-state index in [1.54, 1.807) is 0 Å². The Morgan fingerprint density at radius 1 is 1.86 bits per heavy atom. The lowest BCUT2D eigenvalue weighted by atomic mass is 10.7. The highest BCUT2D eigenvalue weighted by Gasteiger charge is 1.58. The Bertz CT molecular complexity index is 75.0. The van der Waals surface area contributed by atoms with Gasteiger partial charge in [0.25, 0.3) is 0 Å². The number of hydrogen-bond acceptors (Lipinski definition) is 2. The highest BCUT2D eigenvalue weighted by Crippen LogP contribution is 1.75. The molecule has 0 heterocycles. The zero-order valence-corrected chi connectivity index (χ0v) is 4.26. The van der Waals surface area contributed by atoms with Crippen LogP contribution in [0.5, 0.6) is 0 Å². The summed E-state index contributed by atoms with van der Waals surface area (Å²) < 4.78 is 0. The molecule has 1 N–H and O–H groups in total. The van der Waals surface area contributed by atoms with Crippen molar-refractivity contribution in [1.82, 2.24) is 5.12 Å². The second-order valence-corrected chi connectivity index (χ2v) is 1.02. The highest BCUT2D eigenvalue weighted by molar-refractivity contribution is 5.69. The lowest BCUT2D eigenvalue weighted by molar-refractivity contribution is 0.496. The van der Waals surface area contributed by atoms with Gasteiger partial charge in [-0.05, 0) is 6.08 Å². The molecular weight excluding hydrogens is 90.1 g/mol. The van der Waals surface area contributed by atoms with Gasteiger partial charge >= 0.3 is 0 Å². The summed E-state index contributed by atoms with van der Waals surface area (Å²) in [5.74, 6) is 6.67. The first kappa shape index (κ1) is 6.17. The lowest BCUT2D eigenvalue weighted by Gasteiger charge is -2.12. The molecule has 0 spiro atoms. The van der Waals surface area contributed by atoms with Gasteiger partial charge in [0, 0.05) is 13.3 Å². The second kappa shape index (κ2) is 3.36. The zero-order valence-electron chi connectivity index (χ0n) is 4.26. The van der Waals surface area contributed by atoms with Crippen molar-refractivity contribution in [2.45, 2.75) is 0 Å². The molecule has 0 saturated carbocycles. The maximum atomic E-state index is 6.67. The largest absolute Gasteiger partial charge is 0.565 e. The molecule has 3 heteroatoms. The average Bonchev–Trinajstić information content (AvgIpc) is 1.61. The summed E-state index contributed by atoms with van der Waals surface area (Å²) >= 11 is 0. The molecule has 0 fully saturated rings. The number of nitrogens with one attached hydrogen (secondary N) is 1. The van der Waals surface area contributed by atoms with Crippen LogP contribution in [0.4, 0.5) is 0 Å². The molecule has 0 aromatic heterocycles. The first-order chi connectivity index (χ1) is 3.27. The monoisotopic (exact) mass is 98.1 g/mol. The van der Waals surface area contributed by atoms with Crippen LogP contribution in [-0.2, 0) is 0 Å². The van der Waals surface area contributed by atoms with Gasteiger partial charge in [-0.3, -0.25) is 0 Å². The molecule has 0 aliphatic heterocycles. The molecule has 0 rings (SSSR count). The van der Waals surface area contributed by atoms with Crippen molar-refractivity contribution in [2.24, 2.45) is 5.10 Å². The Kier molecular flexibility index (Phi) is 2.96. The number of hydrogen-bond donors (Lipinski definition) is 0. The predicted octanol–water partition coefficient (Wildman–Crippen LogP) is 1.06. The molecule has 0 saturated heterocycles. The molecular formula is C4H8N3-. The summed E-state index contributed by atoms with van der Waals surface area (Å²) in [6.45, 7) is 3.37. The van der Waals surface area contributed by atoms with Crippen LogP contribution in [0.25, 0.3) is 5.84 Å². The van der Waals surface area contributed by atoms with Crippen LogP contribution in [0, 0.1) is 0 Å². The van der Waals surface area contributed by atoms with Crippen molar-refractivity contribution in [1.29, 1.82) is 0 Å². The van der Waals surface area contributed by atoms with Crippen LogP contribution in [0.3, 0.4) is 0 Å². The SMILES string of the molecule is C=C/C=N\N(C)[NH-]. The fourth-order valence-corrected chi connectivity index (χ4v) is 0.147. The fourth-order valence-electron chi connectivity index (χ4n) is 0.147. The number of allylic oxidation sites excluding steroid dienone is 1. The first-order valence-electron chi connectivity index (χ1n) is 1.87. The summed E-state index contributed by atoms with van der Waals surface area (Å²) in [4.78, 5) is 0. The Hall–Kier alpha value is -0.830. The summed E-state index contributed by atoms with van der Waals surface area (Å²) in [7, 11) is 1.53. The van der Waals surface area contributed by atoms with Gasteiger partial charge in [0.1, 0.15) is 0 Å². The Balaban J connectivity index is 3.25. The van der Waals surface area contributed by atoms with Gasteiger partial charge in [-0.25, -0.2) is 5.10 Å². The van der Waals surface area contributed by atoms with Crippen LogP contribution in [0.1, 0.15) is 0 Å². The normalized spacial score (nSPS) is 9.43. The summed E-state index contributed by atoms with van der Waals surface area (Å²) in [5, 5.41) is 4.46. The molecule has 0 unspecified atom stereocenters. The third-order valence-electron chi connectivity index (χ3n) is 0.345. The predicted molar refractivity (Wildman–Crippen MR) is 30.8 cm³/mol. The third-order valence-corrected chi connectivity index (χ3v) is 0.345. The number of hydrazone groups is 1. The van der Waals surface area contributed by atoms with Gasteiger partial charge in [-0.2, -0.15) is 0 Å². The Morgan fingerprint density at radius 3 is 2.57 bits per heavy atom. The molecule has 40 valence electrons. The van der Waals surface area contributed by atoms with Gasteiger partial charge < -0.3 is 11.0 Å². The minimum Gasteiger partial charge on any atom is -0.565 e. The maximum absolute atomic E-state index is 6.67. The third kappa shape index (κ3) is 5.17. The Morgan fingerprint density at radius 2 is 2.43 bits per heavy atom. The van der Waals surface area contributed by atoms with Crippen molar-refractivity contribution in [3.63, 3.8) is 0 Å². The van der Waals surface area contributed by atoms with E-state index in [9.17, 15) is 0 Å². The lowest BCUT2D eigenvalue weighted by Crippen LogP contribution is -1.94.